The van der Waals surface area contributed by atoms with Gasteiger partial charge in [0.15, 0.2) is 6.23 Å². The van der Waals surface area contributed by atoms with Gasteiger partial charge in [0.25, 0.3) is 5.56 Å². The van der Waals surface area contributed by atoms with Crippen LogP contribution < -0.4 is 11.2 Å². The third kappa shape index (κ3) is 2.44. The lowest BCUT2D eigenvalue weighted by Crippen LogP contribution is -2.40. The van der Waals surface area contributed by atoms with Crippen LogP contribution >= 0.6 is 7.82 Å². The van der Waals surface area contributed by atoms with Gasteiger partial charge in [-0.2, -0.15) is 0 Å². The summed E-state index contributed by atoms with van der Waals surface area (Å²) >= 11 is 0. The van der Waals surface area contributed by atoms with Crippen LogP contribution in [0.15, 0.2) is 15.7 Å². The Bertz CT molecular complexity index is 727. The number of rotatable bonds is 1. The maximum Gasteiger partial charge on any atom is 0.472 e. The molecule has 1 aromatic heterocycles. The molecule has 21 heavy (non-hydrogen) atoms. The summed E-state index contributed by atoms with van der Waals surface area (Å²) in [5, 5.41) is 19.7. The molecule has 0 saturated carbocycles. The normalized spacial score (nSPS) is 39.1. The molecule has 11 nitrogen and oxygen atoms in total. The minimum Gasteiger partial charge on any atom is -0.494 e. The van der Waals surface area contributed by atoms with Crippen LogP contribution in [0.1, 0.15) is 6.23 Å². The molecule has 12 heteroatoms. The van der Waals surface area contributed by atoms with Gasteiger partial charge in [-0.15, -0.1) is 0 Å². The highest BCUT2D eigenvalue weighted by Crippen LogP contribution is 2.52. The van der Waals surface area contributed by atoms with E-state index in [1.807, 2.05) is 4.98 Å². The molecule has 4 N–H and O–H groups in total. The van der Waals surface area contributed by atoms with E-state index < -0.39 is 49.5 Å². The van der Waals surface area contributed by atoms with Crippen molar-refractivity contribution in [2.45, 2.75) is 24.5 Å². The number of fused-ring (bicyclic) bond motifs is 1. The predicted octanol–water partition coefficient (Wildman–Crippen LogP) is -1.98. The summed E-state index contributed by atoms with van der Waals surface area (Å²) < 4.78 is 26.5. The van der Waals surface area contributed by atoms with Crippen LogP contribution in [0, 0.1) is 0 Å². The van der Waals surface area contributed by atoms with Crippen LogP contribution in [0.3, 0.4) is 0 Å². The zero-order valence-corrected chi connectivity index (χ0v) is 11.2. The van der Waals surface area contributed by atoms with E-state index in [0.29, 0.717) is 4.57 Å². The summed E-state index contributed by atoms with van der Waals surface area (Å²) in [7, 11) is -4.29. The molecule has 0 radical (unpaired) electrons. The molecule has 2 fully saturated rings. The lowest BCUT2D eigenvalue weighted by atomic mass is 10.1. The number of nitrogens with zero attached hydrogens (tertiary/aromatic N) is 1. The maximum absolute atomic E-state index is 11.7. The molecule has 116 valence electrons. The Hall–Kier alpha value is -1.49. The van der Waals surface area contributed by atoms with Crippen LogP contribution in [0.5, 0.6) is 5.88 Å². The average Bonchev–Trinajstić information content (AvgIpc) is 2.65. The van der Waals surface area contributed by atoms with E-state index in [1.54, 1.807) is 0 Å². The Morgan fingerprint density at radius 1 is 1.43 bits per heavy atom. The first-order chi connectivity index (χ1) is 9.78. The van der Waals surface area contributed by atoms with Crippen molar-refractivity contribution in [2.24, 2.45) is 0 Å². The van der Waals surface area contributed by atoms with Crippen molar-refractivity contribution in [1.29, 1.82) is 0 Å². The van der Waals surface area contributed by atoms with Crippen LogP contribution in [0.2, 0.25) is 0 Å². The van der Waals surface area contributed by atoms with Crippen molar-refractivity contribution in [3.63, 3.8) is 0 Å². The van der Waals surface area contributed by atoms with Gasteiger partial charge in [0.2, 0.25) is 5.88 Å². The van der Waals surface area contributed by atoms with Crippen molar-refractivity contribution < 1.29 is 33.5 Å². The summed E-state index contributed by atoms with van der Waals surface area (Å²) in [5.74, 6) is -0.723. The molecule has 0 amide bonds. The SMILES string of the molecule is O=c1cc(O)n([C@@H]2O[C@@H]3COP(=O)(O)O[C@H]3[C@H]2O)c(=O)[nH]1. The number of aromatic nitrogens is 2. The predicted molar refractivity (Wildman–Crippen MR) is 63.6 cm³/mol. The van der Waals surface area contributed by atoms with Gasteiger partial charge in [-0.1, -0.05) is 0 Å². The Morgan fingerprint density at radius 3 is 2.81 bits per heavy atom. The highest BCUT2D eigenvalue weighted by atomic mass is 31.2. The first-order valence-corrected chi connectivity index (χ1v) is 7.32. The van der Waals surface area contributed by atoms with Crippen LogP contribution in [-0.4, -0.2) is 49.6 Å². The van der Waals surface area contributed by atoms with Crippen LogP contribution in [0.25, 0.3) is 0 Å². The number of hydrogen-bond acceptors (Lipinski definition) is 8. The second-order valence-corrected chi connectivity index (χ2v) is 5.96. The second-order valence-electron chi connectivity index (χ2n) is 4.56. The molecule has 0 bridgehead atoms. The Balaban J connectivity index is 1.98. The van der Waals surface area contributed by atoms with Crippen molar-refractivity contribution in [3.05, 3.63) is 26.9 Å². The Morgan fingerprint density at radius 2 is 2.14 bits per heavy atom. The molecule has 1 unspecified atom stereocenters. The number of ether oxygens (including phenoxy) is 1. The van der Waals surface area contributed by atoms with Crippen LogP contribution in [0.4, 0.5) is 0 Å². The van der Waals surface area contributed by atoms with Gasteiger partial charge in [-0.25, -0.2) is 13.9 Å². The monoisotopic (exact) mass is 322 g/mol. The quantitative estimate of drug-likeness (QED) is 0.429. The molecule has 2 saturated heterocycles. The summed E-state index contributed by atoms with van der Waals surface area (Å²) in [6.07, 6.45) is -5.03. The number of phosphoric acid groups is 1. The highest BCUT2D eigenvalue weighted by molar-refractivity contribution is 7.47. The van der Waals surface area contributed by atoms with E-state index in [4.69, 9.17) is 9.26 Å². The number of aromatic amines is 1. The van der Waals surface area contributed by atoms with Crippen molar-refractivity contribution in [1.82, 2.24) is 9.55 Å². The van der Waals surface area contributed by atoms with E-state index >= 15 is 0 Å². The van der Waals surface area contributed by atoms with E-state index in [1.165, 1.54) is 0 Å². The number of aromatic hydroxyl groups is 1. The third-order valence-corrected chi connectivity index (χ3v) is 4.16. The summed E-state index contributed by atoms with van der Waals surface area (Å²) in [4.78, 5) is 33.9. The summed E-state index contributed by atoms with van der Waals surface area (Å²) in [6.45, 7) is -0.329. The number of hydrogen-bond donors (Lipinski definition) is 4. The third-order valence-electron chi connectivity index (χ3n) is 3.18. The fraction of sp³-hybridized carbons (Fsp3) is 0.556. The van der Waals surface area contributed by atoms with Gasteiger partial charge in [-0.3, -0.25) is 18.8 Å². The molecule has 0 aliphatic carbocycles. The Kier molecular flexibility index (Phi) is 3.28. The van der Waals surface area contributed by atoms with Crippen molar-refractivity contribution >= 4 is 7.82 Å². The lowest BCUT2D eigenvalue weighted by molar-refractivity contribution is -0.0701. The summed E-state index contributed by atoms with van der Waals surface area (Å²) in [5.41, 5.74) is -1.83. The molecule has 0 aromatic carbocycles. The number of aliphatic hydroxyl groups excluding tert-OH is 1. The van der Waals surface area contributed by atoms with E-state index in [9.17, 15) is 29.3 Å². The van der Waals surface area contributed by atoms with E-state index in [2.05, 4.69) is 4.52 Å². The molecular formula is C9H11N2O9P. The van der Waals surface area contributed by atoms with Crippen molar-refractivity contribution in [3.8, 4) is 5.88 Å². The number of H-pyrrole nitrogens is 1. The number of phosphoric ester groups is 1. The second kappa shape index (κ2) is 4.77. The zero-order chi connectivity index (χ0) is 15.4. The highest BCUT2D eigenvalue weighted by Gasteiger charge is 2.53. The minimum atomic E-state index is -4.29. The fourth-order valence-corrected chi connectivity index (χ4v) is 3.25. The standard InChI is InChI=1S/C9H11N2O9P/c12-4-1-5(13)11(9(15)10-4)8-6(14)7-3(19-8)2-18-21(16,17)20-7/h1,3,6-8,13-14H,2H2,(H,16,17)(H,10,12,15)/t3-,6-,7-,8-/m1/s1. The van der Waals surface area contributed by atoms with E-state index in [-0.39, 0.29) is 6.61 Å². The maximum atomic E-state index is 11.7. The van der Waals surface area contributed by atoms with Gasteiger partial charge in [0, 0.05) is 0 Å². The number of nitrogens with one attached hydrogen (secondary N) is 1. The molecule has 3 heterocycles. The van der Waals surface area contributed by atoms with Crippen LogP contribution in [-0.2, 0) is 18.3 Å². The summed E-state index contributed by atoms with van der Waals surface area (Å²) in [6, 6.07) is 0.730. The number of aliphatic hydroxyl groups is 1. The zero-order valence-electron chi connectivity index (χ0n) is 10.3. The molecular weight excluding hydrogens is 311 g/mol. The van der Waals surface area contributed by atoms with Crippen molar-refractivity contribution in [2.75, 3.05) is 6.61 Å². The molecule has 2 aliphatic rings. The smallest absolute Gasteiger partial charge is 0.472 e. The fourth-order valence-electron chi connectivity index (χ4n) is 2.29. The molecule has 0 spiro atoms. The molecule has 3 rings (SSSR count). The van der Waals surface area contributed by atoms with Gasteiger partial charge in [0.05, 0.1) is 12.7 Å². The lowest BCUT2D eigenvalue weighted by Gasteiger charge is -2.27. The minimum absolute atomic E-state index is 0.329. The Labute approximate surface area is 115 Å². The topological polar surface area (TPSA) is 160 Å². The average molecular weight is 322 g/mol. The van der Waals surface area contributed by atoms with Gasteiger partial charge in [0.1, 0.15) is 18.3 Å². The van der Waals surface area contributed by atoms with Gasteiger partial charge in [-0.05, 0) is 0 Å². The van der Waals surface area contributed by atoms with Gasteiger partial charge < -0.3 is 19.8 Å². The van der Waals surface area contributed by atoms with E-state index in [0.717, 1.165) is 6.07 Å². The van der Waals surface area contributed by atoms with Gasteiger partial charge >= 0.3 is 13.5 Å². The first kappa shape index (κ1) is 14.4. The largest absolute Gasteiger partial charge is 0.494 e. The molecule has 2 aliphatic heterocycles. The molecule has 5 atom stereocenters. The first-order valence-electron chi connectivity index (χ1n) is 5.82. The molecule has 1 aromatic rings.